The van der Waals surface area contributed by atoms with Crippen LogP contribution in [0.4, 0.5) is 0 Å². The average Bonchev–Trinajstić information content (AvgIpc) is 0.912. The van der Waals surface area contributed by atoms with E-state index >= 15 is 0 Å². The van der Waals surface area contributed by atoms with E-state index in [0.717, 1.165) is 161 Å². The Morgan fingerprint density at radius 2 is 0.681 bits per heavy atom. The molecule has 676 valence electrons. The number of nitrogens with one attached hydrogen (secondary N) is 4. The topological polar surface area (TPSA) is 348 Å². The van der Waals surface area contributed by atoms with Crippen molar-refractivity contribution in [3.63, 3.8) is 0 Å². The summed E-state index contributed by atoms with van der Waals surface area (Å²) in [5.74, 6) is -1.66. The van der Waals surface area contributed by atoms with Gasteiger partial charge in [0.1, 0.15) is 18.1 Å². The zero-order chi connectivity index (χ0) is 83.9. The molecule has 9 unspecified atom stereocenters. The molecule has 0 aromatic rings. The Balaban J connectivity index is -0.0000638. The summed E-state index contributed by atoms with van der Waals surface area (Å²) < 4.78 is 71.0. The number of unbranched alkanes of at least 4 members (excludes halogenated alkanes) is 41. The number of hydrogen-bond acceptors (Lipinski definition) is 21. The molecule has 0 aromatic carbocycles. The Morgan fingerprint density at radius 3 is 1.10 bits per heavy atom. The molecule has 9 atom stereocenters. The molecule has 116 heavy (non-hydrogen) atoms. The van der Waals surface area contributed by atoms with Gasteiger partial charge < -0.3 is 78.1 Å². The van der Waals surface area contributed by atoms with E-state index in [2.05, 4.69) is 62.8 Å². The Bertz CT molecular complexity index is 2320. The molecular weight excluding hydrogens is 1540 g/mol. The van der Waals surface area contributed by atoms with E-state index in [4.69, 9.17) is 37.0 Å². The number of ether oxygens (including phenoxy) is 4. The second-order valence-corrected chi connectivity index (χ2v) is 35.0. The maximum Gasteiger partial charge on any atom is 1.00 e. The number of esters is 1. The van der Waals surface area contributed by atoms with Gasteiger partial charge in [0.05, 0.1) is 77.0 Å². The number of carbonyl (C=O) groups excluding carboxylic acids is 5. The van der Waals surface area contributed by atoms with Crippen molar-refractivity contribution in [1.29, 1.82) is 0 Å². The minimum Gasteiger partial charge on any atom is -0.756 e. The molecular formula is C88H172N4Na2O20P2. The van der Waals surface area contributed by atoms with E-state index in [9.17, 15) is 58.2 Å². The number of phosphoric acid groups is 2. The van der Waals surface area contributed by atoms with Gasteiger partial charge in [-0.05, 0) is 70.6 Å². The fourth-order valence-corrected chi connectivity index (χ4v) is 15.4. The number of Topliss-reactive ketones (excluding diaryl/α,β-unsaturated/α-hetero) is 1. The molecule has 0 aliphatic heterocycles. The number of rotatable bonds is 91. The average molecular weight is 1710 g/mol. The molecule has 0 spiro atoms. The number of ketones is 1. The predicted molar refractivity (Wildman–Crippen MR) is 454 cm³/mol. The summed E-state index contributed by atoms with van der Waals surface area (Å²) in [6, 6.07) is -1.83. The third kappa shape index (κ3) is 84.3. The largest absolute Gasteiger partial charge is 1.00 e. The number of aliphatic hydroxyl groups is 3. The van der Waals surface area contributed by atoms with Gasteiger partial charge in [-0.2, -0.15) is 0 Å². The van der Waals surface area contributed by atoms with Crippen molar-refractivity contribution in [2.75, 3.05) is 65.9 Å². The molecule has 3 amide bonds. The van der Waals surface area contributed by atoms with Crippen LogP contribution >= 0.6 is 15.6 Å². The molecule has 0 fully saturated rings. The maximum atomic E-state index is 13.3. The first-order valence-electron chi connectivity index (χ1n) is 46.6. The van der Waals surface area contributed by atoms with E-state index in [1.165, 1.54) is 141 Å². The number of aliphatic hydroxyl groups excluding tert-OH is 3. The van der Waals surface area contributed by atoms with Gasteiger partial charge in [0.15, 0.2) is 6.29 Å². The molecule has 0 aliphatic carbocycles. The summed E-state index contributed by atoms with van der Waals surface area (Å²) in [5, 5.41) is 43.6. The molecule has 0 saturated carbocycles. The fraction of sp³-hybridized carbons (Fsp3) is 0.943. The summed E-state index contributed by atoms with van der Waals surface area (Å²) in [7, 11) is -9.92. The molecule has 28 heteroatoms. The summed E-state index contributed by atoms with van der Waals surface area (Å²) in [6.07, 6.45) is 52.2. The Morgan fingerprint density at radius 1 is 0.345 bits per heavy atom. The first-order valence-corrected chi connectivity index (χ1v) is 49.5. The first-order chi connectivity index (χ1) is 55.2. The van der Waals surface area contributed by atoms with Crippen molar-refractivity contribution in [2.24, 2.45) is 0 Å². The fourth-order valence-electron chi connectivity index (χ4n) is 13.9. The van der Waals surface area contributed by atoms with E-state index in [1.54, 1.807) is 0 Å². The van der Waals surface area contributed by atoms with Gasteiger partial charge in [-0.1, -0.05) is 311 Å². The second kappa shape index (κ2) is 87.9. The van der Waals surface area contributed by atoms with Gasteiger partial charge in [0.25, 0.3) is 15.6 Å². The zero-order valence-electron chi connectivity index (χ0n) is 75.2. The molecule has 0 saturated heterocycles. The molecule has 0 aliphatic rings. The van der Waals surface area contributed by atoms with Gasteiger partial charge in [0, 0.05) is 58.2 Å². The number of phosphoric ester groups is 2. The van der Waals surface area contributed by atoms with Crippen LogP contribution in [0.15, 0.2) is 0 Å². The van der Waals surface area contributed by atoms with E-state index < -0.39 is 90.5 Å². The van der Waals surface area contributed by atoms with Crippen LogP contribution in [0.25, 0.3) is 0 Å². The van der Waals surface area contributed by atoms with Crippen molar-refractivity contribution in [3.8, 4) is 0 Å². The summed E-state index contributed by atoms with van der Waals surface area (Å²) in [6.45, 7) is 11.1. The van der Waals surface area contributed by atoms with Crippen molar-refractivity contribution in [2.45, 2.75) is 470 Å². The van der Waals surface area contributed by atoms with Crippen LogP contribution in [0.1, 0.15) is 427 Å². The van der Waals surface area contributed by atoms with Gasteiger partial charge in [-0.3, -0.25) is 38.4 Å². The normalized spacial score (nSPS) is 14.4. The summed E-state index contributed by atoms with van der Waals surface area (Å²) in [5.41, 5.74) is 0. The van der Waals surface area contributed by atoms with Crippen LogP contribution < -0.4 is 90.2 Å². The van der Waals surface area contributed by atoms with Crippen LogP contribution in [-0.2, 0) is 70.1 Å². The molecule has 7 N–H and O–H groups in total. The van der Waals surface area contributed by atoms with Crippen LogP contribution in [0.3, 0.4) is 0 Å². The minimum atomic E-state index is -4.96. The van der Waals surface area contributed by atoms with Crippen molar-refractivity contribution < 1.29 is 154 Å². The monoisotopic (exact) mass is 1710 g/mol. The molecule has 0 heterocycles. The predicted octanol–water partition coefficient (Wildman–Crippen LogP) is 13.1. The number of hydrogen-bond donors (Lipinski definition) is 7. The van der Waals surface area contributed by atoms with Crippen LogP contribution in [0.5, 0.6) is 0 Å². The Kier molecular flexibility index (Phi) is 90.7. The van der Waals surface area contributed by atoms with Crippen LogP contribution in [-0.4, -0.2) is 154 Å². The molecule has 0 radical (unpaired) electrons. The third-order valence-electron chi connectivity index (χ3n) is 20.9. The SMILES string of the molecule is CCCCCCCCCCCC(=O)CC(O)NC(COCCC(CCCCCCC)OC(=O)CCCCCCCCCCC)COP(=O)([O-])OCCNC(=O)CCCCC(=O)NCCOP(=O)([O-])OCC(COCCC(CCCCCCC)OC(O)CCCCCCCCCCC)NC(=O)CC(O)CCCCCCCCCCC.[Na+].[Na+]. The van der Waals surface area contributed by atoms with Gasteiger partial charge >= 0.3 is 65.1 Å². The molecule has 0 rings (SSSR count). The summed E-state index contributed by atoms with van der Waals surface area (Å²) in [4.78, 5) is 90.8. The van der Waals surface area contributed by atoms with E-state index in [-0.39, 0.29) is 148 Å². The standard InChI is InChI=1S/C88H174N4O20P2.2Na/c1-7-13-19-25-29-33-37-43-47-55-79(93)71-85(97)91-77(73-105-67-63-81(57-49-41-23-17-11-5)111-87(99)61-51-45-39-35-31-27-21-15-9-3)75-109-113(101,102)107-69-65-89-83(95)59-53-54-60-84(96)90-66-70-108-114(103,104)110-76-78(92-86(98)72-80(94)56-48-44-38-34-30-26-20-14-8-2)74-106-68-64-82(58-50-42-24-18-12-6)112-88(100)62-52-46-40-36-32-28-22-16-10-4;;/h77-79,81-82,86-87,92-93,98-99H,7-76H2,1-6H3,(H,89,95)(H,90,96)(H,91,97)(H,101,102)(H,103,104);;/q;2*+1/p-2. The van der Waals surface area contributed by atoms with E-state index in [0.29, 0.717) is 57.8 Å². The van der Waals surface area contributed by atoms with Crippen molar-refractivity contribution in [1.82, 2.24) is 21.3 Å². The quantitative estimate of drug-likeness (QED) is 0.00978. The van der Waals surface area contributed by atoms with Crippen molar-refractivity contribution in [3.05, 3.63) is 0 Å². The molecule has 24 nitrogen and oxygen atoms in total. The second-order valence-electron chi connectivity index (χ2n) is 32.2. The molecule has 0 aromatic heterocycles. The zero-order valence-corrected chi connectivity index (χ0v) is 81.0. The minimum absolute atomic E-state index is 0. The third-order valence-corrected chi connectivity index (χ3v) is 22.8. The smallest absolute Gasteiger partial charge is 0.756 e. The van der Waals surface area contributed by atoms with Gasteiger partial charge in [0.2, 0.25) is 17.7 Å². The Labute approximate surface area is 750 Å². The van der Waals surface area contributed by atoms with Gasteiger partial charge in [-0.15, -0.1) is 0 Å². The van der Waals surface area contributed by atoms with E-state index in [1.807, 2.05) is 0 Å². The van der Waals surface area contributed by atoms with Gasteiger partial charge in [-0.25, -0.2) is 0 Å². The van der Waals surface area contributed by atoms with Crippen LogP contribution in [0, 0.1) is 0 Å². The summed E-state index contributed by atoms with van der Waals surface area (Å²) >= 11 is 0. The van der Waals surface area contributed by atoms with Crippen molar-refractivity contribution >= 4 is 45.1 Å². The van der Waals surface area contributed by atoms with Crippen LogP contribution in [0.2, 0.25) is 0 Å². The maximum absolute atomic E-state index is 13.3. The first kappa shape index (κ1) is 120. The molecule has 0 bridgehead atoms. The number of amides is 3. The Hall–Kier alpha value is -0.510. The number of carbonyl (C=O) groups is 5.